The number of hydrogen-bond donors (Lipinski definition) is 2. The first-order chi connectivity index (χ1) is 9.95. The van der Waals surface area contributed by atoms with Crippen LogP contribution >= 0.6 is 27.3 Å². The van der Waals surface area contributed by atoms with E-state index in [0.717, 1.165) is 20.3 Å². The predicted octanol–water partition coefficient (Wildman–Crippen LogP) is 4.74. The molecule has 0 aliphatic heterocycles. The molecule has 108 valence electrons. The summed E-state index contributed by atoms with van der Waals surface area (Å²) < 4.78 is 27.9. The van der Waals surface area contributed by atoms with Crippen molar-refractivity contribution in [1.29, 1.82) is 0 Å². The van der Waals surface area contributed by atoms with Crippen LogP contribution < -0.4 is 5.73 Å². The van der Waals surface area contributed by atoms with Crippen LogP contribution in [0.15, 0.2) is 28.1 Å². The predicted molar refractivity (Wildman–Crippen MR) is 84.1 cm³/mol. The third kappa shape index (κ3) is 2.58. The summed E-state index contributed by atoms with van der Waals surface area (Å²) in [6, 6.07) is 5.26. The van der Waals surface area contributed by atoms with Gasteiger partial charge in [-0.3, -0.25) is 5.10 Å². The zero-order chi connectivity index (χ0) is 15.1. The lowest BCUT2D eigenvalue weighted by Crippen LogP contribution is -1.90. The fraction of sp³-hybridized carbons (Fsp3) is 0.0714. The molecule has 0 unspecified atom stereocenters. The Balaban J connectivity index is 2.21. The number of hydrogen-bond acceptors (Lipinski definition) is 3. The van der Waals surface area contributed by atoms with E-state index in [0.29, 0.717) is 16.8 Å². The molecular formula is C14H10BrF2N3S. The Morgan fingerprint density at radius 2 is 1.86 bits per heavy atom. The standard InChI is InChI=1S/C14H10BrF2N3S/c1-6-2-10(21-13(6)15)12-11(14(18)20-19-12)7-3-8(16)5-9(17)4-7/h2-5H,1H3,(H3,18,19,20). The molecule has 0 saturated heterocycles. The zero-order valence-electron chi connectivity index (χ0n) is 10.9. The maximum Gasteiger partial charge on any atom is 0.153 e. The van der Waals surface area contributed by atoms with Gasteiger partial charge in [0.15, 0.2) is 5.82 Å². The zero-order valence-corrected chi connectivity index (χ0v) is 13.3. The average Bonchev–Trinajstić information content (AvgIpc) is 2.92. The summed E-state index contributed by atoms with van der Waals surface area (Å²) in [7, 11) is 0. The van der Waals surface area contributed by atoms with Crippen LogP contribution in [0.1, 0.15) is 5.56 Å². The number of anilines is 1. The Hall–Kier alpha value is -1.73. The van der Waals surface area contributed by atoms with E-state index < -0.39 is 11.6 Å². The van der Waals surface area contributed by atoms with Crippen molar-refractivity contribution in [2.24, 2.45) is 0 Å². The van der Waals surface area contributed by atoms with Crippen LogP contribution in [0.25, 0.3) is 21.7 Å². The Morgan fingerprint density at radius 1 is 1.19 bits per heavy atom. The van der Waals surface area contributed by atoms with Gasteiger partial charge >= 0.3 is 0 Å². The van der Waals surface area contributed by atoms with Crippen molar-refractivity contribution in [3.8, 4) is 21.7 Å². The number of aryl methyl sites for hydroxylation is 1. The first-order valence-electron chi connectivity index (χ1n) is 6.02. The third-order valence-electron chi connectivity index (χ3n) is 3.05. The normalized spacial score (nSPS) is 11.0. The van der Waals surface area contributed by atoms with Gasteiger partial charge in [-0.15, -0.1) is 11.3 Å². The van der Waals surface area contributed by atoms with Gasteiger partial charge in [-0.25, -0.2) is 8.78 Å². The van der Waals surface area contributed by atoms with Crippen LogP contribution in [-0.2, 0) is 0 Å². The summed E-state index contributed by atoms with van der Waals surface area (Å²) in [6.07, 6.45) is 0. The van der Waals surface area contributed by atoms with Crippen molar-refractivity contribution in [1.82, 2.24) is 10.2 Å². The number of nitrogens with two attached hydrogens (primary N) is 1. The van der Waals surface area contributed by atoms with E-state index >= 15 is 0 Å². The van der Waals surface area contributed by atoms with Crippen LogP contribution in [0.2, 0.25) is 0 Å². The number of benzene rings is 1. The topological polar surface area (TPSA) is 54.7 Å². The van der Waals surface area contributed by atoms with Crippen LogP contribution in [0.4, 0.5) is 14.6 Å². The van der Waals surface area contributed by atoms with Gasteiger partial charge in [-0.05, 0) is 52.2 Å². The number of aromatic nitrogens is 2. The Kier molecular flexibility index (Phi) is 3.54. The van der Waals surface area contributed by atoms with Gasteiger partial charge in [-0.1, -0.05) is 0 Å². The van der Waals surface area contributed by atoms with Gasteiger partial charge in [0.2, 0.25) is 0 Å². The number of nitrogens with one attached hydrogen (secondary N) is 1. The molecule has 0 aliphatic rings. The molecule has 3 rings (SSSR count). The summed E-state index contributed by atoms with van der Waals surface area (Å²) in [5.41, 5.74) is 8.44. The summed E-state index contributed by atoms with van der Waals surface area (Å²) in [4.78, 5) is 0.892. The van der Waals surface area contributed by atoms with E-state index in [-0.39, 0.29) is 5.82 Å². The van der Waals surface area contributed by atoms with E-state index in [1.54, 1.807) is 0 Å². The first kappa shape index (κ1) is 14.2. The molecule has 0 fully saturated rings. The molecule has 0 amide bonds. The van der Waals surface area contributed by atoms with Crippen molar-refractivity contribution >= 4 is 33.1 Å². The number of rotatable bonds is 2. The molecule has 1 aromatic carbocycles. The summed E-state index contributed by atoms with van der Waals surface area (Å²) >= 11 is 4.96. The molecule has 0 saturated carbocycles. The van der Waals surface area contributed by atoms with E-state index in [9.17, 15) is 8.78 Å². The summed E-state index contributed by atoms with van der Waals surface area (Å²) in [6.45, 7) is 1.96. The van der Waals surface area contributed by atoms with E-state index in [1.165, 1.54) is 23.5 Å². The van der Waals surface area contributed by atoms with Gasteiger partial charge in [-0.2, -0.15) is 5.10 Å². The Bertz CT molecular complexity index is 786. The maximum absolute atomic E-state index is 13.4. The number of thiophene rings is 1. The minimum Gasteiger partial charge on any atom is -0.382 e. The van der Waals surface area contributed by atoms with Crippen molar-refractivity contribution in [2.45, 2.75) is 6.92 Å². The lowest BCUT2D eigenvalue weighted by Gasteiger charge is -2.04. The molecule has 3 nitrogen and oxygen atoms in total. The molecule has 3 N–H and O–H groups in total. The molecule has 0 spiro atoms. The molecule has 3 aromatic rings. The molecule has 0 radical (unpaired) electrons. The molecule has 2 heterocycles. The Labute approximate surface area is 131 Å². The minimum absolute atomic E-state index is 0.206. The number of halogens is 3. The van der Waals surface area contributed by atoms with Crippen LogP contribution in [0.5, 0.6) is 0 Å². The lowest BCUT2D eigenvalue weighted by atomic mass is 10.0. The average molecular weight is 370 g/mol. The third-order valence-corrected chi connectivity index (χ3v) is 5.20. The fourth-order valence-electron chi connectivity index (χ4n) is 2.11. The lowest BCUT2D eigenvalue weighted by molar-refractivity contribution is 0.584. The number of aromatic amines is 1. The first-order valence-corrected chi connectivity index (χ1v) is 7.63. The van der Waals surface area contributed by atoms with Crippen LogP contribution in [-0.4, -0.2) is 10.2 Å². The molecule has 0 atom stereocenters. The summed E-state index contributed by atoms with van der Waals surface area (Å²) in [5.74, 6) is -1.10. The second-order valence-corrected chi connectivity index (χ2v) is 6.95. The molecule has 2 aromatic heterocycles. The van der Waals surface area contributed by atoms with E-state index in [2.05, 4.69) is 26.1 Å². The second kappa shape index (κ2) is 5.23. The summed E-state index contributed by atoms with van der Waals surface area (Å²) in [5, 5.41) is 6.80. The van der Waals surface area contributed by atoms with Crippen LogP contribution in [0, 0.1) is 18.6 Å². The van der Waals surface area contributed by atoms with Gasteiger partial charge in [0.25, 0.3) is 0 Å². The highest BCUT2D eigenvalue weighted by Crippen LogP contribution is 2.40. The van der Waals surface area contributed by atoms with E-state index in [4.69, 9.17) is 5.73 Å². The molecule has 0 bridgehead atoms. The minimum atomic E-state index is -0.653. The highest BCUT2D eigenvalue weighted by molar-refractivity contribution is 9.11. The highest BCUT2D eigenvalue weighted by Gasteiger charge is 2.18. The quantitative estimate of drug-likeness (QED) is 0.685. The molecule has 21 heavy (non-hydrogen) atoms. The van der Waals surface area contributed by atoms with Crippen molar-refractivity contribution in [3.05, 3.63) is 45.2 Å². The fourth-order valence-corrected chi connectivity index (χ4v) is 3.64. The van der Waals surface area contributed by atoms with E-state index in [1.807, 2.05) is 13.0 Å². The molecule has 7 heteroatoms. The number of nitrogen functional groups attached to an aromatic ring is 1. The van der Waals surface area contributed by atoms with Gasteiger partial charge in [0.1, 0.15) is 11.6 Å². The van der Waals surface area contributed by atoms with Gasteiger partial charge < -0.3 is 5.73 Å². The SMILES string of the molecule is Cc1cc(-c2[nH]nc(N)c2-c2cc(F)cc(F)c2)sc1Br. The molecule has 0 aliphatic carbocycles. The van der Waals surface area contributed by atoms with Crippen molar-refractivity contribution in [3.63, 3.8) is 0 Å². The largest absolute Gasteiger partial charge is 0.382 e. The maximum atomic E-state index is 13.4. The number of H-pyrrole nitrogens is 1. The number of nitrogens with zero attached hydrogens (tertiary/aromatic N) is 1. The van der Waals surface area contributed by atoms with Crippen LogP contribution in [0.3, 0.4) is 0 Å². The van der Waals surface area contributed by atoms with Gasteiger partial charge in [0.05, 0.1) is 19.9 Å². The van der Waals surface area contributed by atoms with Gasteiger partial charge in [0, 0.05) is 6.07 Å². The second-order valence-electron chi connectivity index (χ2n) is 4.58. The monoisotopic (exact) mass is 369 g/mol. The highest BCUT2D eigenvalue weighted by atomic mass is 79.9. The van der Waals surface area contributed by atoms with Crippen molar-refractivity contribution in [2.75, 3.05) is 5.73 Å². The smallest absolute Gasteiger partial charge is 0.153 e. The molecular weight excluding hydrogens is 360 g/mol. The van der Waals surface area contributed by atoms with Crippen molar-refractivity contribution < 1.29 is 8.78 Å². The Morgan fingerprint density at radius 3 is 2.43 bits per heavy atom.